The first-order valence-corrected chi connectivity index (χ1v) is 6.96. The molecule has 0 amide bonds. The third kappa shape index (κ3) is 2.42. The molecule has 0 spiro atoms. The Kier molecular flexibility index (Phi) is 3.46. The fourth-order valence-corrected chi connectivity index (χ4v) is 2.27. The molecule has 0 unspecified atom stereocenters. The lowest BCUT2D eigenvalue weighted by Gasteiger charge is -1.99. The van der Waals surface area contributed by atoms with Crippen molar-refractivity contribution in [3.63, 3.8) is 0 Å². The Morgan fingerprint density at radius 2 is 1.95 bits per heavy atom. The summed E-state index contributed by atoms with van der Waals surface area (Å²) in [4.78, 5) is 4.36. The van der Waals surface area contributed by atoms with E-state index in [1.807, 2.05) is 30.3 Å². The molecule has 1 aromatic heterocycles. The number of hydrogen-bond acceptors (Lipinski definition) is 4. The van der Waals surface area contributed by atoms with Gasteiger partial charge in [0, 0.05) is 15.7 Å². The molecule has 6 heteroatoms. The molecular formula is C14H9BrClN3O. The Balaban J connectivity index is 2.02. The summed E-state index contributed by atoms with van der Waals surface area (Å²) in [6.07, 6.45) is 0. The van der Waals surface area contributed by atoms with Crippen LogP contribution in [0.25, 0.3) is 22.8 Å². The van der Waals surface area contributed by atoms with E-state index in [0.717, 1.165) is 15.6 Å². The van der Waals surface area contributed by atoms with Gasteiger partial charge in [-0.05, 0) is 46.3 Å². The van der Waals surface area contributed by atoms with Crippen LogP contribution in [0.3, 0.4) is 0 Å². The van der Waals surface area contributed by atoms with Crippen molar-refractivity contribution >= 4 is 33.2 Å². The van der Waals surface area contributed by atoms with Gasteiger partial charge in [0.05, 0.1) is 10.6 Å². The molecule has 4 nitrogen and oxygen atoms in total. The second kappa shape index (κ2) is 5.26. The van der Waals surface area contributed by atoms with E-state index < -0.39 is 0 Å². The highest BCUT2D eigenvalue weighted by atomic mass is 79.9. The fraction of sp³-hybridized carbons (Fsp3) is 0. The van der Waals surface area contributed by atoms with Crippen molar-refractivity contribution in [1.29, 1.82) is 0 Å². The largest absolute Gasteiger partial charge is 0.398 e. The molecule has 3 rings (SSSR count). The third-order valence-electron chi connectivity index (χ3n) is 2.80. The second-order valence-electron chi connectivity index (χ2n) is 4.14. The lowest BCUT2D eigenvalue weighted by molar-refractivity contribution is 0.432. The Hall–Kier alpha value is -1.85. The summed E-state index contributed by atoms with van der Waals surface area (Å²) < 4.78 is 6.05. The van der Waals surface area contributed by atoms with Gasteiger partial charge in [-0.3, -0.25) is 0 Å². The Morgan fingerprint density at radius 1 is 1.15 bits per heavy atom. The maximum Gasteiger partial charge on any atom is 0.260 e. The molecule has 1 heterocycles. The zero-order chi connectivity index (χ0) is 14.1. The van der Waals surface area contributed by atoms with E-state index in [1.165, 1.54) is 0 Å². The molecule has 100 valence electrons. The quantitative estimate of drug-likeness (QED) is 0.696. The average molecular weight is 351 g/mol. The molecule has 0 radical (unpaired) electrons. The van der Waals surface area contributed by atoms with Crippen molar-refractivity contribution in [3.8, 4) is 22.8 Å². The van der Waals surface area contributed by atoms with Crippen molar-refractivity contribution < 1.29 is 4.52 Å². The molecule has 2 N–H and O–H groups in total. The molecule has 0 aliphatic rings. The average Bonchev–Trinajstić information content (AvgIpc) is 2.92. The number of nitrogens with two attached hydrogens (primary N) is 1. The summed E-state index contributed by atoms with van der Waals surface area (Å²) in [5, 5.41) is 4.60. The summed E-state index contributed by atoms with van der Waals surface area (Å²) in [5.74, 6) is 0.879. The number of rotatable bonds is 2. The van der Waals surface area contributed by atoms with Gasteiger partial charge in [0.25, 0.3) is 5.89 Å². The molecule has 0 bridgehead atoms. The number of nitrogens with zero attached hydrogens (tertiary/aromatic N) is 2. The number of halogens is 2. The standard InChI is InChI=1S/C14H9BrClN3O/c15-10-7-8(5-6-11(10)16)13-18-14(20-19-13)9-3-1-2-4-12(9)17/h1-7H,17H2. The molecule has 0 saturated carbocycles. The van der Waals surface area contributed by atoms with Crippen LogP contribution in [0, 0.1) is 0 Å². The second-order valence-corrected chi connectivity index (χ2v) is 5.40. The molecule has 3 aromatic rings. The van der Waals surface area contributed by atoms with Crippen LogP contribution in [0.5, 0.6) is 0 Å². The predicted molar refractivity (Wildman–Crippen MR) is 82.3 cm³/mol. The van der Waals surface area contributed by atoms with Crippen molar-refractivity contribution in [3.05, 3.63) is 52.0 Å². The van der Waals surface area contributed by atoms with Gasteiger partial charge in [-0.25, -0.2) is 0 Å². The van der Waals surface area contributed by atoms with Crippen LogP contribution in [0.1, 0.15) is 0 Å². The van der Waals surface area contributed by atoms with E-state index in [0.29, 0.717) is 22.4 Å². The van der Waals surface area contributed by atoms with Crippen LogP contribution >= 0.6 is 27.5 Å². The van der Waals surface area contributed by atoms with E-state index in [-0.39, 0.29) is 0 Å². The molecule has 0 fully saturated rings. The van der Waals surface area contributed by atoms with Crippen LogP contribution < -0.4 is 5.73 Å². The van der Waals surface area contributed by atoms with Crippen molar-refractivity contribution in [2.24, 2.45) is 0 Å². The van der Waals surface area contributed by atoms with Crippen LogP contribution in [0.2, 0.25) is 5.02 Å². The normalized spacial score (nSPS) is 10.7. The number of aromatic nitrogens is 2. The van der Waals surface area contributed by atoms with Crippen molar-refractivity contribution in [1.82, 2.24) is 10.1 Å². The lowest BCUT2D eigenvalue weighted by Crippen LogP contribution is -1.89. The molecule has 0 atom stereocenters. The first kappa shape index (κ1) is 13.1. The minimum Gasteiger partial charge on any atom is -0.398 e. The van der Waals surface area contributed by atoms with Crippen LogP contribution in [0.15, 0.2) is 51.5 Å². The number of anilines is 1. The van der Waals surface area contributed by atoms with Crippen LogP contribution in [0.4, 0.5) is 5.69 Å². The van der Waals surface area contributed by atoms with E-state index in [1.54, 1.807) is 12.1 Å². The van der Waals surface area contributed by atoms with Crippen LogP contribution in [-0.4, -0.2) is 10.1 Å². The molecular weight excluding hydrogens is 342 g/mol. The third-order valence-corrected chi connectivity index (χ3v) is 4.01. The van der Waals surface area contributed by atoms with E-state index in [9.17, 15) is 0 Å². The number of nitrogen functional groups attached to an aromatic ring is 1. The Bertz CT molecular complexity index is 773. The van der Waals surface area contributed by atoms with E-state index in [4.69, 9.17) is 21.9 Å². The summed E-state index contributed by atoms with van der Waals surface area (Å²) in [6.45, 7) is 0. The Labute approximate surface area is 128 Å². The topological polar surface area (TPSA) is 64.9 Å². The minimum absolute atomic E-state index is 0.393. The van der Waals surface area contributed by atoms with E-state index in [2.05, 4.69) is 26.1 Å². The molecule has 0 aliphatic carbocycles. The fourth-order valence-electron chi connectivity index (χ4n) is 1.78. The molecule has 0 aliphatic heterocycles. The van der Waals surface area contributed by atoms with Gasteiger partial charge in [-0.15, -0.1) is 0 Å². The molecule has 0 saturated heterocycles. The smallest absolute Gasteiger partial charge is 0.260 e. The minimum atomic E-state index is 0.393. The summed E-state index contributed by atoms with van der Waals surface area (Å²) in [6, 6.07) is 12.8. The molecule has 2 aromatic carbocycles. The number of para-hydroxylation sites is 1. The van der Waals surface area contributed by atoms with Gasteiger partial charge in [0.1, 0.15) is 0 Å². The van der Waals surface area contributed by atoms with E-state index >= 15 is 0 Å². The molecule has 20 heavy (non-hydrogen) atoms. The SMILES string of the molecule is Nc1ccccc1-c1nc(-c2ccc(Cl)c(Br)c2)no1. The highest BCUT2D eigenvalue weighted by Gasteiger charge is 2.13. The first-order chi connectivity index (χ1) is 9.65. The highest BCUT2D eigenvalue weighted by molar-refractivity contribution is 9.10. The summed E-state index contributed by atoms with van der Waals surface area (Å²) in [7, 11) is 0. The van der Waals surface area contributed by atoms with Gasteiger partial charge < -0.3 is 10.3 Å². The van der Waals surface area contributed by atoms with Crippen LogP contribution in [-0.2, 0) is 0 Å². The van der Waals surface area contributed by atoms with Gasteiger partial charge in [0.2, 0.25) is 5.82 Å². The predicted octanol–water partition coefficient (Wildman–Crippen LogP) is 4.40. The Morgan fingerprint density at radius 3 is 2.70 bits per heavy atom. The van der Waals surface area contributed by atoms with Gasteiger partial charge in [-0.2, -0.15) is 4.98 Å². The number of benzene rings is 2. The van der Waals surface area contributed by atoms with Crippen molar-refractivity contribution in [2.75, 3.05) is 5.73 Å². The van der Waals surface area contributed by atoms with Gasteiger partial charge >= 0.3 is 0 Å². The number of hydrogen-bond donors (Lipinski definition) is 1. The monoisotopic (exact) mass is 349 g/mol. The van der Waals surface area contributed by atoms with Crippen molar-refractivity contribution in [2.45, 2.75) is 0 Å². The maximum atomic E-state index is 5.96. The van der Waals surface area contributed by atoms with Gasteiger partial charge in [0.15, 0.2) is 0 Å². The highest BCUT2D eigenvalue weighted by Crippen LogP contribution is 2.30. The zero-order valence-corrected chi connectivity index (χ0v) is 12.5. The summed E-state index contributed by atoms with van der Waals surface area (Å²) in [5.41, 5.74) is 8.02. The maximum absolute atomic E-state index is 5.96. The lowest BCUT2D eigenvalue weighted by atomic mass is 10.2. The summed E-state index contributed by atoms with van der Waals surface area (Å²) >= 11 is 9.33. The zero-order valence-electron chi connectivity index (χ0n) is 10.2. The van der Waals surface area contributed by atoms with Gasteiger partial charge in [-0.1, -0.05) is 28.9 Å². The first-order valence-electron chi connectivity index (χ1n) is 5.79.